The first kappa shape index (κ1) is 11.9. The Kier molecular flexibility index (Phi) is 4.51. The van der Waals surface area contributed by atoms with Crippen molar-refractivity contribution in [1.82, 2.24) is 10.6 Å². The van der Waals surface area contributed by atoms with E-state index in [1.807, 2.05) is 5.32 Å². The first-order chi connectivity index (χ1) is 7.08. The average Bonchev–Trinajstić information content (AvgIpc) is 2.50. The van der Waals surface area contributed by atoms with E-state index in [0.29, 0.717) is 12.5 Å². The van der Waals surface area contributed by atoms with Gasteiger partial charge in [0.1, 0.15) is 0 Å². The van der Waals surface area contributed by atoms with Crippen LogP contribution in [-0.4, -0.2) is 36.2 Å². The molecule has 2 unspecified atom stereocenters. The van der Waals surface area contributed by atoms with Crippen LogP contribution in [0.15, 0.2) is 0 Å². The molecule has 0 bridgehead atoms. The third-order valence-electron chi connectivity index (χ3n) is 2.49. The number of aliphatic hydroxyl groups excluding tert-OH is 1. The molecule has 1 aliphatic rings. The predicted molar refractivity (Wildman–Crippen MR) is 53.9 cm³/mol. The quantitative estimate of drug-likeness (QED) is 0.479. The van der Waals surface area contributed by atoms with Crippen LogP contribution in [0.3, 0.4) is 0 Å². The minimum atomic E-state index is -0.835. The SMILES string of the molecule is NC(=O)NC(=O)CNCC1CCC(O)C1. The fourth-order valence-electron chi connectivity index (χ4n) is 1.81. The Morgan fingerprint density at radius 2 is 2.13 bits per heavy atom. The molecule has 2 atom stereocenters. The fourth-order valence-corrected chi connectivity index (χ4v) is 1.81. The second-order valence-corrected chi connectivity index (χ2v) is 3.88. The van der Waals surface area contributed by atoms with Gasteiger partial charge in [0, 0.05) is 0 Å². The first-order valence-electron chi connectivity index (χ1n) is 5.06. The van der Waals surface area contributed by atoms with E-state index in [4.69, 9.17) is 5.73 Å². The van der Waals surface area contributed by atoms with Crippen LogP contribution in [0.1, 0.15) is 19.3 Å². The molecule has 6 heteroatoms. The van der Waals surface area contributed by atoms with Crippen molar-refractivity contribution >= 4 is 11.9 Å². The Hall–Kier alpha value is -1.14. The van der Waals surface area contributed by atoms with Crippen LogP contribution in [-0.2, 0) is 4.79 Å². The van der Waals surface area contributed by atoms with Gasteiger partial charge in [-0.2, -0.15) is 0 Å². The number of nitrogens with two attached hydrogens (primary N) is 1. The van der Waals surface area contributed by atoms with Gasteiger partial charge in [-0.25, -0.2) is 4.79 Å². The van der Waals surface area contributed by atoms with Crippen molar-refractivity contribution in [2.45, 2.75) is 25.4 Å². The van der Waals surface area contributed by atoms with Crippen molar-refractivity contribution in [3.8, 4) is 0 Å². The zero-order valence-corrected chi connectivity index (χ0v) is 8.53. The van der Waals surface area contributed by atoms with Crippen LogP contribution in [0.25, 0.3) is 0 Å². The van der Waals surface area contributed by atoms with E-state index >= 15 is 0 Å². The van der Waals surface area contributed by atoms with E-state index in [0.717, 1.165) is 19.3 Å². The van der Waals surface area contributed by atoms with Crippen molar-refractivity contribution in [3.63, 3.8) is 0 Å². The molecule has 0 heterocycles. The zero-order chi connectivity index (χ0) is 11.3. The number of hydrogen-bond acceptors (Lipinski definition) is 4. The Morgan fingerprint density at radius 3 is 2.67 bits per heavy atom. The summed E-state index contributed by atoms with van der Waals surface area (Å²) in [4.78, 5) is 21.3. The molecule has 0 aromatic heterocycles. The molecule has 0 radical (unpaired) electrons. The van der Waals surface area contributed by atoms with E-state index < -0.39 is 11.9 Å². The topological polar surface area (TPSA) is 104 Å². The van der Waals surface area contributed by atoms with Gasteiger partial charge in [0.15, 0.2) is 0 Å². The van der Waals surface area contributed by atoms with Gasteiger partial charge in [-0.3, -0.25) is 10.1 Å². The summed E-state index contributed by atoms with van der Waals surface area (Å²) in [6, 6.07) is -0.835. The van der Waals surface area contributed by atoms with E-state index in [2.05, 4.69) is 5.32 Å². The smallest absolute Gasteiger partial charge is 0.318 e. The molecule has 1 rings (SSSR count). The van der Waals surface area contributed by atoms with Gasteiger partial charge in [0.05, 0.1) is 12.6 Å². The highest BCUT2D eigenvalue weighted by atomic mass is 16.3. The van der Waals surface area contributed by atoms with Gasteiger partial charge < -0.3 is 16.2 Å². The zero-order valence-electron chi connectivity index (χ0n) is 8.53. The lowest BCUT2D eigenvalue weighted by Gasteiger charge is -2.09. The van der Waals surface area contributed by atoms with Gasteiger partial charge >= 0.3 is 6.03 Å². The number of carbonyl (C=O) groups is 2. The number of amides is 3. The molecular formula is C9H17N3O3. The number of rotatable bonds is 4. The van der Waals surface area contributed by atoms with Crippen molar-refractivity contribution in [2.24, 2.45) is 11.7 Å². The molecule has 0 aromatic rings. The summed E-state index contributed by atoms with van der Waals surface area (Å²) in [7, 11) is 0. The highest BCUT2D eigenvalue weighted by Crippen LogP contribution is 2.24. The van der Waals surface area contributed by atoms with Crippen LogP contribution in [0.5, 0.6) is 0 Å². The summed E-state index contributed by atoms with van der Waals surface area (Å²) in [5.41, 5.74) is 4.77. The van der Waals surface area contributed by atoms with Crippen LogP contribution >= 0.6 is 0 Å². The van der Waals surface area contributed by atoms with Crippen molar-refractivity contribution < 1.29 is 14.7 Å². The van der Waals surface area contributed by atoms with Crippen molar-refractivity contribution in [2.75, 3.05) is 13.1 Å². The Bertz CT molecular complexity index is 245. The molecule has 0 spiro atoms. The number of carbonyl (C=O) groups excluding carboxylic acids is 2. The normalized spacial score (nSPS) is 25.1. The van der Waals surface area contributed by atoms with Crippen LogP contribution in [0.2, 0.25) is 0 Å². The van der Waals surface area contributed by atoms with Crippen LogP contribution in [0.4, 0.5) is 4.79 Å². The number of imide groups is 1. The van der Waals surface area contributed by atoms with Crippen LogP contribution < -0.4 is 16.4 Å². The number of nitrogens with one attached hydrogen (secondary N) is 2. The van der Waals surface area contributed by atoms with Crippen molar-refractivity contribution in [3.05, 3.63) is 0 Å². The highest BCUT2D eigenvalue weighted by Gasteiger charge is 2.22. The van der Waals surface area contributed by atoms with E-state index in [-0.39, 0.29) is 12.6 Å². The number of hydrogen-bond donors (Lipinski definition) is 4. The molecule has 5 N–H and O–H groups in total. The minimum Gasteiger partial charge on any atom is -0.393 e. The van der Waals surface area contributed by atoms with Gasteiger partial charge in [0.2, 0.25) is 5.91 Å². The molecule has 86 valence electrons. The molecule has 0 saturated heterocycles. The maximum atomic E-state index is 11.0. The van der Waals surface area contributed by atoms with E-state index in [1.54, 1.807) is 0 Å². The Labute approximate surface area is 88.2 Å². The van der Waals surface area contributed by atoms with E-state index in [1.165, 1.54) is 0 Å². The summed E-state index contributed by atoms with van der Waals surface area (Å²) in [6.45, 7) is 0.763. The Balaban J connectivity index is 2.06. The molecule has 1 aliphatic carbocycles. The summed E-state index contributed by atoms with van der Waals surface area (Å²) in [5.74, 6) is -0.0116. The van der Waals surface area contributed by atoms with E-state index in [9.17, 15) is 14.7 Å². The summed E-state index contributed by atoms with van der Waals surface area (Å²) >= 11 is 0. The third-order valence-corrected chi connectivity index (χ3v) is 2.49. The van der Waals surface area contributed by atoms with Gasteiger partial charge in [-0.15, -0.1) is 0 Å². The van der Waals surface area contributed by atoms with Crippen molar-refractivity contribution in [1.29, 1.82) is 0 Å². The summed E-state index contributed by atoms with van der Waals surface area (Å²) in [6.07, 6.45) is 2.40. The molecule has 3 amide bonds. The molecule has 1 fully saturated rings. The summed E-state index contributed by atoms with van der Waals surface area (Å²) in [5, 5.41) is 14.1. The molecule has 6 nitrogen and oxygen atoms in total. The maximum Gasteiger partial charge on any atom is 0.318 e. The monoisotopic (exact) mass is 215 g/mol. The van der Waals surface area contributed by atoms with Gasteiger partial charge in [-0.05, 0) is 31.7 Å². The first-order valence-corrected chi connectivity index (χ1v) is 5.06. The maximum absolute atomic E-state index is 11.0. The molecule has 15 heavy (non-hydrogen) atoms. The second kappa shape index (κ2) is 5.67. The summed E-state index contributed by atoms with van der Waals surface area (Å²) < 4.78 is 0. The lowest BCUT2D eigenvalue weighted by molar-refractivity contribution is -0.119. The number of aliphatic hydroxyl groups is 1. The lowest BCUT2D eigenvalue weighted by atomic mass is 10.1. The number of urea groups is 1. The number of primary amides is 1. The largest absolute Gasteiger partial charge is 0.393 e. The molecular weight excluding hydrogens is 198 g/mol. The molecule has 0 aliphatic heterocycles. The minimum absolute atomic E-state index is 0.0789. The third kappa shape index (κ3) is 4.75. The average molecular weight is 215 g/mol. The predicted octanol–water partition coefficient (Wildman–Crippen LogP) is -1.07. The highest BCUT2D eigenvalue weighted by molar-refractivity contribution is 5.94. The Morgan fingerprint density at radius 1 is 1.40 bits per heavy atom. The van der Waals surface area contributed by atoms with Crippen LogP contribution in [0, 0.1) is 5.92 Å². The second-order valence-electron chi connectivity index (χ2n) is 3.88. The standard InChI is InChI=1S/C9H17N3O3/c10-9(15)12-8(14)5-11-4-6-1-2-7(13)3-6/h6-7,11,13H,1-5H2,(H3,10,12,14,15). The fraction of sp³-hybridized carbons (Fsp3) is 0.778. The van der Waals surface area contributed by atoms with Gasteiger partial charge in [-0.1, -0.05) is 0 Å². The van der Waals surface area contributed by atoms with Gasteiger partial charge in [0.25, 0.3) is 0 Å². The molecule has 1 saturated carbocycles. The lowest BCUT2D eigenvalue weighted by Crippen LogP contribution is -2.41. The molecule has 0 aromatic carbocycles.